The van der Waals surface area contributed by atoms with Crippen LogP contribution in [0.2, 0.25) is 10.0 Å². The number of allylic oxidation sites excluding steroid dienone is 1. The summed E-state index contributed by atoms with van der Waals surface area (Å²) in [6.07, 6.45) is 1.43. The highest BCUT2D eigenvalue weighted by Crippen LogP contribution is 2.42. The first-order valence-electron chi connectivity index (χ1n) is 8.15. The molecule has 3 aromatic rings. The van der Waals surface area contributed by atoms with Gasteiger partial charge in [0.15, 0.2) is 11.6 Å². The fourth-order valence-corrected chi connectivity index (χ4v) is 3.75. The second kappa shape index (κ2) is 6.69. The number of halogens is 2. The number of aromatic hydroxyl groups is 1. The van der Waals surface area contributed by atoms with Gasteiger partial charge < -0.3 is 5.11 Å². The van der Waals surface area contributed by atoms with E-state index >= 15 is 0 Å². The summed E-state index contributed by atoms with van der Waals surface area (Å²) < 4.78 is 0. The van der Waals surface area contributed by atoms with E-state index in [9.17, 15) is 14.7 Å². The van der Waals surface area contributed by atoms with Crippen LogP contribution < -0.4 is 0 Å². The molecule has 0 radical (unpaired) electrons. The Labute approximate surface area is 165 Å². The van der Waals surface area contributed by atoms with Gasteiger partial charge in [-0.25, -0.2) is 0 Å². The second-order valence-electron chi connectivity index (χ2n) is 6.13. The Morgan fingerprint density at radius 3 is 2.22 bits per heavy atom. The summed E-state index contributed by atoms with van der Waals surface area (Å²) in [5, 5.41) is 10.3. The molecule has 4 rings (SSSR count). The largest absolute Gasteiger partial charge is 0.508 e. The quantitative estimate of drug-likeness (QED) is 0.357. The van der Waals surface area contributed by atoms with Gasteiger partial charge in [-0.1, -0.05) is 59.6 Å². The van der Waals surface area contributed by atoms with Gasteiger partial charge in [0.2, 0.25) is 0 Å². The van der Waals surface area contributed by atoms with Crippen molar-refractivity contribution < 1.29 is 14.7 Å². The molecule has 27 heavy (non-hydrogen) atoms. The number of phenolic OH excluding ortho intramolecular Hbond substituents is 1. The number of ketones is 2. The zero-order valence-electron chi connectivity index (χ0n) is 13.9. The minimum atomic E-state index is -0.313. The first-order valence-corrected chi connectivity index (χ1v) is 8.90. The fraction of sp³-hybridized carbons (Fsp3) is 0. The number of rotatable bonds is 2. The molecule has 0 aliphatic heterocycles. The van der Waals surface area contributed by atoms with Gasteiger partial charge >= 0.3 is 0 Å². The lowest BCUT2D eigenvalue weighted by Crippen LogP contribution is -2.16. The van der Waals surface area contributed by atoms with Gasteiger partial charge in [0, 0.05) is 21.7 Å². The molecule has 0 aromatic heterocycles. The summed E-state index contributed by atoms with van der Waals surface area (Å²) in [6, 6.07) is 16.3. The highest BCUT2D eigenvalue weighted by Gasteiger charge is 2.31. The minimum absolute atomic E-state index is 0.0000472. The molecule has 0 saturated carbocycles. The highest BCUT2D eigenvalue weighted by molar-refractivity contribution is 6.40. The van der Waals surface area contributed by atoms with Crippen LogP contribution in [0, 0.1) is 0 Å². The number of carbonyl (C=O) groups excluding carboxylic acids is 2. The van der Waals surface area contributed by atoms with Gasteiger partial charge in [-0.15, -0.1) is 0 Å². The van der Waals surface area contributed by atoms with Crippen LogP contribution in [0.1, 0.15) is 37.4 Å². The van der Waals surface area contributed by atoms with E-state index in [2.05, 4.69) is 0 Å². The lowest BCUT2D eigenvalue weighted by molar-refractivity contribution is 0.103. The standard InChI is InChI=1S/C22H12Cl2O3/c23-17-8-9-18(24)21-20(17)16(14-6-1-2-7-15(14)22(21)27)11-19(26)12-4-3-5-13(25)10-12/h1-11,25H/b16-11+. The van der Waals surface area contributed by atoms with Gasteiger partial charge in [0.05, 0.1) is 10.6 Å². The molecule has 3 aromatic carbocycles. The topological polar surface area (TPSA) is 54.4 Å². The smallest absolute Gasteiger partial charge is 0.195 e. The van der Waals surface area contributed by atoms with Crippen molar-refractivity contribution in [3.8, 4) is 5.75 Å². The number of benzene rings is 3. The zero-order valence-corrected chi connectivity index (χ0v) is 15.4. The monoisotopic (exact) mass is 394 g/mol. The number of carbonyl (C=O) groups is 2. The number of hydrogen-bond donors (Lipinski definition) is 1. The lowest BCUT2D eigenvalue weighted by atomic mass is 9.80. The average Bonchev–Trinajstić information content (AvgIpc) is 2.67. The minimum Gasteiger partial charge on any atom is -0.508 e. The number of hydrogen-bond acceptors (Lipinski definition) is 3. The Morgan fingerprint density at radius 1 is 0.852 bits per heavy atom. The summed E-state index contributed by atoms with van der Waals surface area (Å²) >= 11 is 12.7. The van der Waals surface area contributed by atoms with Crippen molar-refractivity contribution in [1.82, 2.24) is 0 Å². The van der Waals surface area contributed by atoms with E-state index < -0.39 is 0 Å². The van der Waals surface area contributed by atoms with Crippen molar-refractivity contribution in [1.29, 1.82) is 0 Å². The molecule has 1 N–H and O–H groups in total. The molecule has 3 nitrogen and oxygen atoms in total. The zero-order chi connectivity index (χ0) is 19.1. The third-order valence-electron chi connectivity index (χ3n) is 4.47. The maximum Gasteiger partial charge on any atom is 0.195 e. The normalized spacial score (nSPS) is 14.0. The maximum atomic E-state index is 12.9. The van der Waals surface area contributed by atoms with E-state index in [0.717, 1.165) is 0 Å². The number of phenols is 1. The molecular formula is C22H12Cl2O3. The molecule has 132 valence electrons. The van der Waals surface area contributed by atoms with Gasteiger partial charge in [0.1, 0.15) is 5.75 Å². The fourth-order valence-electron chi connectivity index (χ4n) is 3.25. The Morgan fingerprint density at radius 2 is 1.52 bits per heavy atom. The number of fused-ring (bicyclic) bond motifs is 2. The van der Waals surface area contributed by atoms with Crippen molar-refractivity contribution in [2.45, 2.75) is 0 Å². The molecule has 0 saturated heterocycles. The van der Waals surface area contributed by atoms with Crippen molar-refractivity contribution in [2.24, 2.45) is 0 Å². The Balaban J connectivity index is 1.99. The molecule has 0 heterocycles. The Hall–Kier alpha value is -2.88. The average molecular weight is 395 g/mol. The summed E-state index contributed by atoms with van der Waals surface area (Å²) in [6.45, 7) is 0. The molecule has 0 spiro atoms. The van der Waals surface area contributed by atoms with E-state index in [1.807, 2.05) is 0 Å². The molecular weight excluding hydrogens is 383 g/mol. The van der Waals surface area contributed by atoms with Crippen molar-refractivity contribution in [2.75, 3.05) is 0 Å². The van der Waals surface area contributed by atoms with E-state index in [-0.39, 0.29) is 27.9 Å². The molecule has 0 atom stereocenters. The van der Waals surface area contributed by atoms with Gasteiger partial charge in [-0.05, 0) is 41.5 Å². The van der Waals surface area contributed by atoms with Gasteiger partial charge in [-0.3, -0.25) is 9.59 Å². The second-order valence-corrected chi connectivity index (χ2v) is 6.94. The van der Waals surface area contributed by atoms with Crippen LogP contribution in [0.25, 0.3) is 5.57 Å². The lowest BCUT2D eigenvalue weighted by Gasteiger charge is -2.23. The predicted octanol–water partition coefficient (Wildman–Crippen LogP) is 5.56. The van der Waals surface area contributed by atoms with Crippen molar-refractivity contribution in [3.05, 3.63) is 105 Å². The molecule has 0 unspecified atom stereocenters. The van der Waals surface area contributed by atoms with Crippen LogP contribution in [0.3, 0.4) is 0 Å². The van der Waals surface area contributed by atoms with Crippen LogP contribution in [0.5, 0.6) is 5.75 Å². The molecule has 0 amide bonds. The third-order valence-corrected chi connectivity index (χ3v) is 5.10. The Kier molecular flexibility index (Phi) is 4.34. The summed E-state index contributed by atoms with van der Waals surface area (Å²) in [5.74, 6) is -0.540. The maximum absolute atomic E-state index is 12.9. The van der Waals surface area contributed by atoms with Crippen LogP contribution in [-0.2, 0) is 0 Å². The van der Waals surface area contributed by atoms with E-state index in [1.54, 1.807) is 48.5 Å². The van der Waals surface area contributed by atoms with E-state index in [1.165, 1.54) is 18.2 Å². The molecule has 1 aliphatic carbocycles. The summed E-state index contributed by atoms with van der Waals surface area (Å²) in [7, 11) is 0. The van der Waals surface area contributed by atoms with Gasteiger partial charge in [-0.2, -0.15) is 0 Å². The van der Waals surface area contributed by atoms with E-state index in [4.69, 9.17) is 23.2 Å². The van der Waals surface area contributed by atoms with Crippen molar-refractivity contribution in [3.63, 3.8) is 0 Å². The molecule has 1 aliphatic rings. The third kappa shape index (κ3) is 2.95. The molecule has 5 heteroatoms. The molecule has 0 bridgehead atoms. The van der Waals surface area contributed by atoms with E-state index in [0.29, 0.717) is 32.8 Å². The SMILES string of the molecule is O=C(/C=C1\c2ccccc2C(=O)c2c(Cl)ccc(Cl)c21)c1cccc(O)c1. The predicted molar refractivity (Wildman–Crippen MR) is 106 cm³/mol. The van der Waals surface area contributed by atoms with Crippen LogP contribution in [-0.4, -0.2) is 16.7 Å². The van der Waals surface area contributed by atoms with Crippen LogP contribution in [0.4, 0.5) is 0 Å². The summed E-state index contributed by atoms with van der Waals surface area (Å²) in [5.41, 5.74) is 2.67. The Bertz CT molecular complexity index is 1150. The van der Waals surface area contributed by atoms with Crippen LogP contribution >= 0.6 is 23.2 Å². The highest BCUT2D eigenvalue weighted by atomic mass is 35.5. The molecule has 0 fully saturated rings. The van der Waals surface area contributed by atoms with Crippen LogP contribution in [0.15, 0.2) is 66.7 Å². The van der Waals surface area contributed by atoms with Crippen molar-refractivity contribution >= 4 is 40.3 Å². The summed E-state index contributed by atoms with van der Waals surface area (Å²) in [4.78, 5) is 25.8. The van der Waals surface area contributed by atoms with Gasteiger partial charge in [0.25, 0.3) is 0 Å². The first kappa shape index (κ1) is 17.5. The first-order chi connectivity index (χ1) is 13.0.